The van der Waals surface area contributed by atoms with Crippen molar-refractivity contribution in [1.29, 1.82) is 0 Å². The molecule has 0 bridgehead atoms. The van der Waals surface area contributed by atoms with Gasteiger partial charge in [-0.1, -0.05) is 19.3 Å². The number of hydrogen-bond acceptors (Lipinski definition) is 3. The zero-order valence-electron chi connectivity index (χ0n) is 16.5. The highest BCUT2D eigenvalue weighted by molar-refractivity contribution is 5.79. The van der Waals surface area contributed by atoms with E-state index < -0.39 is 0 Å². The van der Waals surface area contributed by atoms with Gasteiger partial charge in [-0.15, -0.1) is 0 Å². The number of hydrogen-bond donors (Lipinski definition) is 1. The van der Waals surface area contributed by atoms with Crippen LogP contribution in [0.3, 0.4) is 0 Å². The molecule has 2 rings (SSSR count). The van der Waals surface area contributed by atoms with Crippen LogP contribution in [0.4, 0.5) is 0 Å². The number of ether oxygens (including phenoxy) is 2. The molecule has 1 heterocycles. The van der Waals surface area contributed by atoms with Crippen molar-refractivity contribution in [2.75, 3.05) is 46.5 Å². The Morgan fingerprint density at radius 2 is 1.92 bits per heavy atom. The molecule has 0 unspecified atom stereocenters. The van der Waals surface area contributed by atoms with Crippen LogP contribution < -0.4 is 5.32 Å². The molecular weight excluding hydrogens is 314 g/mol. The molecule has 0 atom stereocenters. The highest BCUT2D eigenvalue weighted by Crippen LogP contribution is 2.20. The molecule has 1 aliphatic carbocycles. The minimum absolute atomic E-state index is 0.508. The van der Waals surface area contributed by atoms with Gasteiger partial charge >= 0.3 is 0 Å². The normalized spacial score (nSPS) is 20.6. The maximum atomic E-state index is 6.00. The lowest BCUT2D eigenvalue weighted by molar-refractivity contribution is 0.0281. The van der Waals surface area contributed by atoms with Gasteiger partial charge in [-0.3, -0.25) is 4.99 Å². The average molecular weight is 354 g/mol. The van der Waals surface area contributed by atoms with Gasteiger partial charge in [-0.05, 0) is 51.4 Å². The number of nitrogens with one attached hydrogen (secondary N) is 1. The Balaban J connectivity index is 1.63. The fraction of sp³-hybridized carbons (Fsp3) is 0.950. The Labute approximate surface area is 154 Å². The van der Waals surface area contributed by atoms with Crippen molar-refractivity contribution in [3.05, 3.63) is 0 Å². The average Bonchev–Trinajstić information content (AvgIpc) is 2.66. The summed E-state index contributed by atoms with van der Waals surface area (Å²) in [7, 11) is 2.15. The van der Waals surface area contributed by atoms with Crippen molar-refractivity contribution in [3.8, 4) is 0 Å². The van der Waals surface area contributed by atoms with Crippen molar-refractivity contribution < 1.29 is 9.47 Å². The van der Waals surface area contributed by atoms with Gasteiger partial charge < -0.3 is 19.7 Å². The molecule has 0 spiro atoms. The molecule has 1 aliphatic heterocycles. The minimum Gasteiger partial charge on any atom is -0.381 e. The van der Waals surface area contributed by atoms with E-state index in [0.717, 1.165) is 57.8 Å². The van der Waals surface area contributed by atoms with Crippen LogP contribution in [0.15, 0.2) is 4.99 Å². The maximum Gasteiger partial charge on any atom is 0.193 e. The Morgan fingerprint density at radius 3 is 2.64 bits per heavy atom. The van der Waals surface area contributed by atoms with Gasteiger partial charge in [0, 0.05) is 46.5 Å². The second-order valence-corrected chi connectivity index (χ2v) is 7.49. The van der Waals surface area contributed by atoms with E-state index in [1.807, 2.05) is 0 Å². The van der Waals surface area contributed by atoms with E-state index in [1.54, 1.807) is 0 Å². The van der Waals surface area contributed by atoms with E-state index in [1.165, 1.54) is 51.4 Å². The third kappa shape index (κ3) is 8.41. The van der Waals surface area contributed by atoms with Gasteiger partial charge in [0.15, 0.2) is 5.96 Å². The summed E-state index contributed by atoms with van der Waals surface area (Å²) in [6.07, 6.45) is 11.7. The van der Waals surface area contributed by atoms with Gasteiger partial charge in [0.2, 0.25) is 0 Å². The third-order valence-corrected chi connectivity index (χ3v) is 5.38. The molecule has 2 aliphatic rings. The lowest BCUT2D eigenvalue weighted by atomic mass is 9.96. The summed E-state index contributed by atoms with van der Waals surface area (Å²) in [4.78, 5) is 7.07. The molecular formula is C20H39N3O2. The first kappa shape index (κ1) is 20.5. The Morgan fingerprint density at radius 1 is 1.16 bits per heavy atom. The van der Waals surface area contributed by atoms with Crippen LogP contribution in [0.25, 0.3) is 0 Å². The Kier molecular flexibility index (Phi) is 10.3. The van der Waals surface area contributed by atoms with Gasteiger partial charge in [0.25, 0.3) is 0 Å². The highest BCUT2D eigenvalue weighted by atomic mass is 16.5. The molecule has 5 heteroatoms. The summed E-state index contributed by atoms with van der Waals surface area (Å²) in [6, 6.07) is 0. The van der Waals surface area contributed by atoms with E-state index in [0.29, 0.717) is 6.10 Å². The molecule has 0 aromatic heterocycles. The smallest absolute Gasteiger partial charge is 0.193 e. The fourth-order valence-corrected chi connectivity index (χ4v) is 3.72. The summed E-state index contributed by atoms with van der Waals surface area (Å²) in [5.41, 5.74) is 0. The summed E-state index contributed by atoms with van der Waals surface area (Å²) in [5.74, 6) is 1.84. The number of rotatable bonds is 9. The molecule has 5 nitrogen and oxygen atoms in total. The molecule has 1 N–H and O–H groups in total. The predicted molar refractivity (Wildman–Crippen MR) is 104 cm³/mol. The SMILES string of the molecule is CCNC(=NCCCOC1CCCCC1)N(C)CCC1CCOCC1. The van der Waals surface area contributed by atoms with E-state index in [4.69, 9.17) is 14.5 Å². The van der Waals surface area contributed by atoms with Gasteiger partial charge in [0.05, 0.1) is 6.10 Å². The second kappa shape index (κ2) is 12.5. The van der Waals surface area contributed by atoms with Gasteiger partial charge in [-0.25, -0.2) is 0 Å². The Hall–Kier alpha value is -0.810. The van der Waals surface area contributed by atoms with Gasteiger partial charge in [0.1, 0.15) is 0 Å². The first-order chi connectivity index (χ1) is 12.3. The van der Waals surface area contributed by atoms with Crippen molar-refractivity contribution in [3.63, 3.8) is 0 Å². The van der Waals surface area contributed by atoms with E-state index >= 15 is 0 Å². The minimum atomic E-state index is 0.508. The lowest BCUT2D eigenvalue weighted by Gasteiger charge is -2.27. The molecule has 2 fully saturated rings. The zero-order chi connectivity index (χ0) is 17.7. The van der Waals surface area contributed by atoms with Crippen LogP contribution in [0.5, 0.6) is 0 Å². The maximum absolute atomic E-state index is 6.00. The van der Waals surface area contributed by atoms with Crippen molar-refractivity contribution >= 4 is 5.96 Å². The predicted octanol–water partition coefficient (Wildman–Crippen LogP) is 3.44. The van der Waals surface area contributed by atoms with Gasteiger partial charge in [-0.2, -0.15) is 0 Å². The van der Waals surface area contributed by atoms with Crippen LogP contribution >= 0.6 is 0 Å². The Bertz CT molecular complexity index is 364. The lowest BCUT2D eigenvalue weighted by Crippen LogP contribution is -2.40. The molecule has 1 saturated carbocycles. The molecule has 1 saturated heterocycles. The van der Waals surface area contributed by atoms with E-state index in [-0.39, 0.29) is 0 Å². The monoisotopic (exact) mass is 353 g/mol. The standard InChI is InChI=1S/C20H39N3O2/c1-3-21-20(23(2)14-10-18-11-16-24-17-12-18)22-13-7-15-25-19-8-5-4-6-9-19/h18-19H,3-17H2,1-2H3,(H,21,22). The van der Waals surface area contributed by atoms with Crippen LogP contribution in [0.1, 0.15) is 64.7 Å². The van der Waals surface area contributed by atoms with Crippen LogP contribution in [0, 0.1) is 5.92 Å². The van der Waals surface area contributed by atoms with Crippen molar-refractivity contribution in [2.24, 2.45) is 10.9 Å². The topological polar surface area (TPSA) is 46.1 Å². The molecule has 0 aromatic carbocycles. The summed E-state index contributed by atoms with van der Waals surface area (Å²) in [6.45, 7) is 7.67. The molecule has 0 aromatic rings. The quantitative estimate of drug-likeness (QED) is 0.392. The first-order valence-corrected chi connectivity index (χ1v) is 10.5. The summed E-state index contributed by atoms with van der Waals surface area (Å²) >= 11 is 0. The van der Waals surface area contributed by atoms with Crippen LogP contribution in [-0.4, -0.2) is 63.5 Å². The molecule has 0 radical (unpaired) electrons. The third-order valence-electron chi connectivity index (χ3n) is 5.38. The molecule has 146 valence electrons. The fourth-order valence-electron chi connectivity index (χ4n) is 3.72. The van der Waals surface area contributed by atoms with E-state index in [9.17, 15) is 0 Å². The number of guanidine groups is 1. The number of aliphatic imine (C=N–C) groups is 1. The number of nitrogens with zero attached hydrogens (tertiary/aromatic N) is 2. The van der Waals surface area contributed by atoms with Crippen LogP contribution in [-0.2, 0) is 9.47 Å². The highest BCUT2D eigenvalue weighted by Gasteiger charge is 2.15. The summed E-state index contributed by atoms with van der Waals surface area (Å²) < 4.78 is 11.4. The molecule has 0 amide bonds. The van der Waals surface area contributed by atoms with Crippen LogP contribution in [0.2, 0.25) is 0 Å². The molecule has 25 heavy (non-hydrogen) atoms. The van der Waals surface area contributed by atoms with E-state index in [2.05, 4.69) is 24.2 Å². The second-order valence-electron chi connectivity index (χ2n) is 7.49. The first-order valence-electron chi connectivity index (χ1n) is 10.5. The summed E-state index contributed by atoms with van der Waals surface area (Å²) in [5, 5.41) is 3.42. The zero-order valence-corrected chi connectivity index (χ0v) is 16.5. The van der Waals surface area contributed by atoms with Crippen molar-refractivity contribution in [2.45, 2.75) is 70.8 Å². The largest absolute Gasteiger partial charge is 0.381 e. The van der Waals surface area contributed by atoms with Crippen molar-refractivity contribution in [1.82, 2.24) is 10.2 Å².